The van der Waals surface area contributed by atoms with Crippen LogP contribution in [0.15, 0.2) is 18.3 Å². The summed E-state index contributed by atoms with van der Waals surface area (Å²) in [5.41, 5.74) is 0.610. The summed E-state index contributed by atoms with van der Waals surface area (Å²) in [6, 6.07) is 3.83. The quantitative estimate of drug-likeness (QED) is 0.806. The number of nitrogens with zero attached hydrogens (tertiary/aromatic N) is 2. The molecule has 2 heterocycles. The normalized spacial score (nSPS) is 24.1. The largest absolute Gasteiger partial charge is 0.394 e. The van der Waals surface area contributed by atoms with E-state index < -0.39 is 0 Å². The van der Waals surface area contributed by atoms with Crippen molar-refractivity contribution in [3.8, 4) is 0 Å². The summed E-state index contributed by atoms with van der Waals surface area (Å²) in [7, 11) is 0. The van der Waals surface area contributed by atoms with Gasteiger partial charge in [0.05, 0.1) is 25.4 Å². The van der Waals surface area contributed by atoms with E-state index >= 15 is 0 Å². The van der Waals surface area contributed by atoms with Gasteiger partial charge in [0.15, 0.2) is 5.78 Å². The van der Waals surface area contributed by atoms with Crippen LogP contribution < -0.4 is 4.90 Å². The Morgan fingerprint density at radius 2 is 2.39 bits per heavy atom. The molecule has 1 aliphatic rings. The van der Waals surface area contributed by atoms with E-state index in [9.17, 15) is 4.79 Å². The van der Waals surface area contributed by atoms with Crippen molar-refractivity contribution in [2.75, 3.05) is 24.7 Å². The highest BCUT2D eigenvalue weighted by Gasteiger charge is 2.26. The number of Topliss-reactive ketones (excluding diaryl/α,β-unsaturated/α-hetero) is 1. The molecule has 18 heavy (non-hydrogen) atoms. The van der Waals surface area contributed by atoms with Gasteiger partial charge in [0.1, 0.15) is 5.82 Å². The number of aromatic nitrogens is 1. The molecular weight excluding hydrogens is 232 g/mol. The molecule has 0 saturated carbocycles. The van der Waals surface area contributed by atoms with Crippen LogP contribution in [-0.4, -0.2) is 47.8 Å². The molecule has 1 fully saturated rings. The number of rotatable bonds is 3. The zero-order valence-corrected chi connectivity index (χ0v) is 10.7. The molecule has 0 spiro atoms. The molecule has 2 atom stereocenters. The first kappa shape index (κ1) is 13.0. The fourth-order valence-electron chi connectivity index (χ4n) is 2.01. The van der Waals surface area contributed by atoms with Gasteiger partial charge < -0.3 is 14.7 Å². The molecule has 2 rings (SSSR count). The predicted octanol–water partition coefficient (Wildman–Crippen LogP) is 0.870. The van der Waals surface area contributed by atoms with Gasteiger partial charge in [-0.05, 0) is 26.0 Å². The Balaban J connectivity index is 2.16. The molecule has 0 bridgehead atoms. The third-order valence-corrected chi connectivity index (χ3v) is 3.16. The van der Waals surface area contributed by atoms with E-state index in [1.807, 2.05) is 13.0 Å². The fourth-order valence-corrected chi connectivity index (χ4v) is 2.01. The number of carbonyl (C=O) groups excluding carboxylic acids is 1. The number of pyridine rings is 1. The van der Waals surface area contributed by atoms with Crippen LogP contribution >= 0.6 is 0 Å². The first-order valence-electron chi connectivity index (χ1n) is 6.08. The first-order chi connectivity index (χ1) is 8.61. The third-order valence-electron chi connectivity index (χ3n) is 3.16. The summed E-state index contributed by atoms with van der Waals surface area (Å²) in [6.45, 7) is 4.77. The number of anilines is 1. The Labute approximate surface area is 106 Å². The van der Waals surface area contributed by atoms with Crippen molar-refractivity contribution >= 4 is 11.6 Å². The first-order valence-corrected chi connectivity index (χ1v) is 6.08. The molecule has 1 N–H and O–H groups in total. The van der Waals surface area contributed by atoms with E-state index in [1.165, 1.54) is 6.92 Å². The number of carbonyl (C=O) groups is 1. The molecule has 5 nitrogen and oxygen atoms in total. The highest BCUT2D eigenvalue weighted by atomic mass is 16.5. The highest BCUT2D eigenvalue weighted by molar-refractivity contribution is 5.93. The van der Waals surface area contributed by atoms with Gasteiger partial charge in [-0.15, -0.1) is 0 Å². The van der Waals surface area contributed by atoms with Crippen LogP contribution in [0, 0.1) is 0 Å². The summed E-state index contributed by atoms with van der Waals surface area (Å²) in [5.74, 6) is 0.826. The monoisotopic (exact) mass is 250 g/mol. The summed E-state index contributed by atoms with van der Waals surface area (Å²) in [5, 5.41) is 9.14. The van der Waals surface area contributed by atoms with Gasteiger partial charge in [0.2, 0.25) is 0 Å². The van der Waals surface area contributed by atoms with E-state index in [2.05, 4.69) is 9.88 Å². The molecule has 1 aliphatic heterocycles. The van der Waals surface area contributed by atoms with Crippen molar-refractivity contribution in [3.63, 3.8) is 0 Å². The maximum atomic E-state index is 11.2. The second kappa shape index (κ2) is 5.46. The van der Waals surface area contributed by atoms with Crippen LogP contribution in [-0.2, 0) is 4.74 Å². The minimum atomic E-state index is -0.171. The minimum absolute atomic E-state index is 0.00868. The van der Waals surface area contributed by atoms with Crippen molar-refractivity contribution < 1.29 is 14.6 Å². The number of hydrogen-bond donors (Lipinski definition) is 1. The van der Waals surface area contributed by atoms with Gasteiger partial charge >= 0.3 is 0 Å². The van der Waals surface area contributed by atoms with Crippen molar-refractivity contribution in [1.82, 2.24) is 4.98 Å². The van der Waals surface area contributed by atoms with Crippen LogP contribution in [0.1, 0.15) is 24.2 Å². The number of hydrogen-bond acceptors (Lipinski definition) is 5. The fraction of sp³-hybridized carbons (Fsp3) is 0.538. The Hall–Kier alpha value is -1.46. The van der Waals surface area contributed by atoms with Crippen LogP contribution in [0.2, 0.25) is 0 Å². The molecule has 0 radical (unpaired) electrons. The molecule has 1 saturated heterocycles. The zero-order chi connectivity index (χ0) is 13.1. The summed E-state index contributed by atoms with van der Waals surface area (Å²) >= 11 is 0. The lowest BCUT2D eigenvalue weighted by Crippen LogP contribution is -2.49. The van der Waals surface area contributed by atoms with Gasteiger partial charge in [0.25, 0.3) is 0 Å². The second-order valence-corrected chi connectivity index (χ2v) is 4.60. The van der Waals surface area contributed by atoms with Crippen molar-refractivity contribution in [2.45, 2.75) is 26.0 Å². The Morgan fingerprint density at radius 1 is 1.61 bits per heavy atom. The Bertz CT molecular complexity index is 419. The molecular formula is C13H18N2O3. The van der Waals surface area contributed by atoms with Gasteiger partial charge in [-0.3, -0.25) is 4.79 Å². The van der Waals surface area contributed by atoms with E-state index in [4.69, 9.17) is 9.84 Å². The Kier molecular flexibility index (Phi) is 3.93. The van der Waals surface area contributed by atoms with E-state index in [1.54, 1.807) is 12.3 Å². The van der Waals surface area contributed by atoms with Crippen LogP contribution in [0.25, 0.3) is 0 Å². The summed E-state index contributed by atoms with van der Waals surface area (Å²) < 4.78 is 5.48. The maximum Gasteiger partial charge on any atom is 0.161 e. The lowest BCUT2D eigenvalue weighted by Gasteiger charge is -2.38. The average Bonchev–Trinajstić information content (AvgIpc) is 2.39. The van der Waals surface area contributed by atoms with Gasteiger partial charge in [-0.1, -0.05) is 0 Å². The van der Waals surface area contributed by atoms with Crippen molar-refractivity contribution in [3.05, 3.63) is 23.9 Å². The number of aliphatic hydroxyl groups is 1. The third kappa shape index (κ3) is 2.68. The van der Waals surface area contributed by atoms with Crippen LogP contribution in [0.3, 0.4) is 0 Å². The van der Waals surface area contributed by atoms with Crippen LogP contribution in [0.5, 0.6) is 0 Å². The zero-order valence-electron chi connectivity index (χ0n) is 10.7. The molecule has 98 valence electrons. The lowest BCUT2D eigenvalue weighted by atomic mass is 10.1. The lowest BCUT2D eigenvalue weighted by molar-refractivity contribution is -0.0105. The standard InChI is InChI=1S/C13H18N2O3/c1-9-8-18-12(7-16)6-15(9)13-4-3-11(5-14-13)10(2)17/h3-5,9,12,16H,6-8H2,1-2H3. The van der Waals surface area contributed by atoms with E-state index in [0.29, 0.717) is 18.7 Å². The molecule has 0 aliphatic carbocycles. The molecule has 0 amide bonds. The average molecular weight is 250 g/mol. The van der Waals surface area contributed by atoms with Crippen molar-refractivity contribution in [2.24, 2.45) is 0 Å². The number of ether oxygens (including phenoxy) is 1. The highest BCUT2D eigenvalue weighted by Crippen LogP contribution is 2.19. The molecule has 1 aromatic rings. The van der Waals surface area contributed by atoms with Crippen LogP contribution in [0.4, 0.5) is 5.82 Å². The summed E-state index contributed by atoms with van der Waals surface area (Å²) in [4.78, 5) is 17.6. The number of morpholine rings is 1. The van der Waals surface area contributed by atoms with E-state index in [0.717, 1.165) is 5.82 Å². The van der Waals surface area contributed by atoms with Gasteiger partial charge in [-0.2, -0.15) is 0 Å². The van der Waals surface area contributed by atoms with Gasteiger partial charge in [-0.25, -0.2) is 4.98 Å². The van der Waals surface area contributed by atoms with Crippen molar-refractivity contribution in [1.29, 1.82) is 0 Å². The maximum absolute atomic E-state index is 11.2. The number of ketones is 1. The molecule has 0 aromatic carbocycles. The van der Waals surface area contributed by atoms with E-state index in [-0.39, 0.29) is 24.5 Å². The van der Waals surface area contributed by atoms with Gasteiger partial charge in [0, 0.05) is 18.3 Å². The number of aliphatic hydroxyl groups excluding tert-OH is 1. The molecule has 1 aromatic heterocycles. The predicted molar refractivity (Wildman–Crippen MR) is 67.9 cm³/mol. The molecule has 5 heteroatoms. The summed E-state index contributed by atoms with van der Waals surface area (Å²) in [6.07, 6.45) is 1.42. The Morgan fingerprint density at radius 3 is 2.94 bits per heavy atom. The minimum Gasteiger partial charge on any atom is -0.394 e. The smallest absolute Gasteiger partial charge is 0.161 e. The molecule has 2 unspecified atom stereocenters. The second-order valence-electron chi connectivity index (χ2n) is 4.60. The SMILES string of the molecule is CC(=O)c1ccc(N2CC(CO)OCC2C)nc1. The topological polar surface area (TPSA) is 62.7 Å².